The summed E-state index contributed by atoms with van der Waals surface area (Å²) in [4.78, 5) is 13.1. The minimum Gasteiger partial charge on any atom is -0.377 e. The molecule has 1 aliphatic heterocycles. The van der Waals surface area contributed by atoms with Crippen LogP contribution in [0, 0.1) is 5.92 Å². The van der Waals surface area contributed by atoms with Gasteiger partial charge in [0, 0.05) is 7.11 Å². The number of carbonyl (C=O) groups is 1. The fourth-order valence-electron chi connectivity index (χ4n) is 4.84. The van der Waals surface area contributed by atoms with Crippen LogP contribution in [0.1, 0.15) is 94.0 Å². The van der Waals surface area contributed by atoms with Crippen LogP contribution in [0.2, 0.25) is 5.02 Å². The van der Waals surface area contributed by atoms with Crippen LogP contribution in [0.25, 0.3) is 5.69 Å². The maximum atomic E-state index is 13.1. The fraction of sp³-hybridized carbons (Fsp3) is 0.643. The van der Waals surface area contributed by atoms with Gasteiger partial charge in [0.15, 0.2) is 5.69 Å². The lowest BCUT2D eigenvalue weighted by Gasteiger charge is -2.28. The molecule has 1 aromatic carbocycles. The Balaban J connectivity index is 1.82. The highest BCUT2D eigenvalue weighted by molar-refractivity contribution is 6.34. The second-order valence-electron chi connectivity index (χ2n) is 11.7. The van der Waals surface area contributed by atoms with Crippen LogP contribution >= 0.6 is 11.6 Å². The highest BCUT2D eigenvalue weighted by atomic mass is 35.5. The number of methoxy groups -OCH3 is 1. The molecule has 1 N–H and O–H groups in total. The number of benzene rings is 1. The largest absolute Gasteiger partial charge is 0.377 e. The van der Waals surface area contributed by atoms with Crippen molar-refractivity contribution in [2.75, 3.05) is 20.3 Å². The lowest BCUT2D eigenvalue weighted by atomic mass is 9.83. The number of nitrogens with zero attached hydrogens (tertiary/aromatic N) is 2. The van der Waals surface area contributed by atoms with E-state index in [4.69, 9.17) is 26.2 Å². The minimum absolute atomic E-state index is 0.0174. The first-order chi connectivity index (χ1) is 16.5. The fourth-order valence-corrected chi connectivity index (χ4v) is 5.12. The number of rotatable bonds is 7. The molecule has 1 saturated heterocycles. The third-order valence-corrected chi connectivity index (χ3v) is 7.94. The molecule has 192 valence electrons. The van der Waals surface area contributed by atoms with Gasteiger partial charge in [-0.05, 0) is 54.9 Å². The monoisotopic (exact) mass is 501 g/mol. The first-order valence-electron chi connectivity index (χ1n) is 12.9. The van der Waals surface area contributed by atoms with Gasteiger partial charge in [-0.1, -0.05) is 70.5 Å². The molecule has 35 heavy (non-hydrogen) atoms. The van der Waals surface area contributed by atoms with E-state index >= 15 is 0 Å². The van der Waals surface area contributed by atoms with Crippen molar-refractivity contribution < 1.29 is 14.3 Å². The zero-order chi connectivity index (χ0) is 25.4. The first kappa shape index (κ1) is 26.2. The van der Waals surface area contributed by atoms with Crippen molar-refractivity contribution in [2.24, 2.45) is 5.92 Å². The predicted molar refractivity (Wildman–Crippen MR) is 140 cm³/mol. The van der Waals surface area contributed by atoms with Crippen molar-refractivity contribution in [2.45, 2.75) is 90.2 Å². The first-order valence-corrected chi connectivity index (χ1v) is 13.2. The van der Waals surface area contributed by atoms with Gasteiger partial charge in [-0.3, -0.25) is 4.79 Å². The van der Waals surface area contributed by atoms with Crippen LogP contribution < -0.4 is 5.32 Å². The van der Waals surface area contributed by atoms with Crippen LogP contribution in [-0.4, -0.2) is 42.1 Å². The zero-order valence-electron chi connectivity index (χ0n) is 22.0. The van der Waals surface area contributed by atoms with E-state index in [1.165, 1.54) is 37.7 Å². The maximum Gasteiger partial charge on any atom is 0.273 e. The van der Waals surface area contributed by atoms with Crippen LogP contribution in [0.3, 0.4) is 0 Å². The quantitative estimate of drug-likeness (QED) is 0.508. The van der Waals surface area contributed by atoms with Gasteiger partial charge >= 0.3 is 0 Å². The van der Waals surface area contributed by atoms with E-state index in [-0.39, 0.29) is 23.1 Å². The molecule has 1 aromatic heterocycles. The van der Waals surface area contributed by atoms with Gasteiger partial charge in [0.05, 0.1) is 41.3 Å². The van der Waals surface area contributed by atoms with Crippen molar-refractivity contribution in [3.63, 3.8) is 0 Å². The van der Waals surface area contributed by atoms with E-state index in [2.05, 4.69) is 58.1 Å². The Morgan fingerprint density at radius 2 is 1.77 bits per heavy atom. The Labute approximate surface area is 214 Å². The number of aromatic nitrogens is 2. The number of carbonyl (C=O) groups excluding carboxylic acids is 1. The second kappa shape index (κ2) is 10.2. The van der Waals surface area contributed by atoms with Crippen molar-refractivity contribution in [3.05, 3.63) is 45.7 Å². The van der Waals surface area contributed by atoms with Crippen LogP contribution in [0.5, 0.6) is 0 Å². The summed E-state index contributed by atoms with van der Waals surface area (Å²) in [7, 11) is 1.73. The molecule has 6 nitrogen and oxygen atoms in total. The molecule has 0 atom stereocenters. The van der Waals surface area contributed by atoms with E-state index in [0.29, 0.717) is 24.2 Å². The lowest BCUT2D eigenvalue weighted by Crippen LogP contribution is -2.48. The van der Waals surface area contributed by atoms with Gasteiger partial charge in [0.1, 0.15) is 0 Å². The van der Waals surface area contributed by atoms with Crippen LogP contribution in [0.4, 0.5) is 0 Å². The standard InChI is InChI=1S/C28H40ClN3O3/c1-27(2,3)19-13-20(28(4,5)34-6)15-22(14-19)32-23(12-18-10-8-7-9-11-18)24(29)25(31-32)26(33)30-21-16-35-17-21/h13-15,18,21H,7-12,16-17H2,1-6H3,(H,30,33). The minimum atomic E-state index is -0.471. The zero-order valence-corrected chi connectivity index (χ0v) is 22.8. The molecule has 1 saturated carbocycles. The molecule has 2 heterocycles. The van der Waals surface area contributed by atoms with Gasteiger partial charge < -0.3 is 14.8 Å². The van der Waals surface area contributed by atoms with Gasteiger partial charge in [0.25, 0.3) is 5.91 Å². The number of ether oxygens (including phenoxy) is 2. The summed E-state index contributed by atoms with van der Waals surface area (Å²) in [5, 5.41) is 8.29. The lowest BCUT2D eigenvalue weighted by molar-refractivity contribution is -0.00355. The molecule has 1 aliphatic carbocycles. The van der Waals surface area contributed by atoms with Gasteiger partial charge in [-0.15, -0.1) is 0 Å². The molecule has 0 spiro atoms. The Bertz CT molecular complexity index is 1060. The summed E-state index contributed by atoms with van der Waals surface area (Å²) in [6.45, 7) is 11.8. The van der Waals surface area contributed by atoms with Gasteiger partial charge in [-0.25, -0.2) is 4.68 Å². The Kier molecular flexibility index (Phi) is 7.65. The third-order valence-electron chi connectivity index (χ3n) is 7.55. The number of amides is 1. The highest BCUT2D eigenvalue weighted by Gasteiger charge is 2.30. The van der Waals surface area contributed by atoms with Crippen LogP contribution in [0.15, 0.2) is 18.2 Å². The van der Waals surface area contributed by atoms with Gasteiger partial charge in [-0.2, -0.15) is 5.10 Å². The molecule has 2 aromatic rings. The number of hydrogen-bond donors (Lipinski definition) is 1. The van der Waals surface area contributed by atoms with Crippen molar-refractivity contribution in [1.82, 2.24) is 15.1 Å². The van der Waals surface area contributed by atoms with E-state index in [1.54, 1.807) is 7.11 Å². The molecule has 0 bridgehead atoms. The van der Waals surface area contributed by atoms with Crippen LogP contribution in [-0.2, 0) is 26.9 Å². The molecule has 2 aliphatic rings. The maximum absolute atomic E-state index is 13.1. The van der Waals surface area contributed by atoms with E-state index in [1.807, 2.05) is 4.68 Å². The van der Waals surface area contributed by atoms with Gasteiger partial charge in [0.2, 0.25) is 0 Å². The van der Waals surface area contributed by atoms with Crippen molar-refractivity contribution >= 4 is 17.5 Å². The molecule has 2 fully saturated rings. The Morgan fingerprint density at radius 3 is 2.34 bits per heavy atom. The molecule has 1 amide bonds. The highest BCUT2D eigenvalue weighted by Crippen LogP contribution is 2.36. The average molecular weight is 502 g/mol. The molecular formula is C28H40ClN3O3. The van der Waals surface area contributed by atoms with E-state index in [0.717, 1.165) is 23.4 Å². The molecule has 7 heteroatoms. The topological polar surface area (TPSA) is 65.4 Å². The summed E-state index contributed by atoms with van der Waals surface area (Å²) < 4.78 is 13.0. The molecule has 0 unspecified atom stereocenters. The smallest absolute Gasteiger partial charge is 0.273 e. The summed E-state index contributed by atoms with van der Waals surface area (Å²) in [6.07, 6.45) is 6.98. The Morgan fingerprint density at radius 1 is 1.11 bits per heavy atom. The summed E-state index contributed by atoms with van der Waals surface area (Å²) in [5.41, 5.74) is 3.83. The predicted octanol–water partition coefficient (Wildman–Crippen LogP) is 5.96. The number of nitrogens with one attached hydrogen (secondary N) is 1. The Hall–Kier alpha value is -1.89. The van der Waals surface area contributed by atoms with Crippen molar-refractivity contribution in [3.8, 4) is 5.69 Å². The molecular weight excluding hydrogens is 462 g/mol. The summed E-state index contributed by atoms with van der Waals surface area (Å²) >= 11 is 6.92. The second-order valence-corrected chi connectivity index (χ2v) is 12.0. The molecule has 0 radical (unpaired) electrons. The summed E-state index contributed by atoms with van der Waals surface area (Å²) in [5.74, 6) is 0.310. The van der Waals surface area contributed by atoms with E-state index in [9.17, 15) is 4.79 Å². The number of halogens is 1. The third kappa shape index (κ3) is 5.76. The average Bonchev–Trinajstić information content (AvgIpc) is 3.12. The normalized spacial score (nSPS) is 17.9. The number of hydrogen-bond acceptors (Lipinski definition) is 4. The molecule has 4 rings (SSSR count). The summed E-state index contributed by atoms with van der Waals surface area (Å²) in [6, 6.07) is 6.52. The van der Waals surface area contributed by atoms with Crippen molar-refractivity contribution in [1.29, 1.82) is 0 Å². The SMILES string of the molecule is COC(C)(C)c1cc(-n2nc(C(=O)NC3COC3)c(Cl)c2CC2CCCCC2)cc(C(C)(C)C)c1. The van der Waals surface area contributed by atoms with E-state index < -0.39 is 5.60 Å².